The van der Waals surface area contributed by atoms with E-state index in [0.29, 0.717) is 10.4 Å². The number of halogens is 1. The number of hydrogen-bond acceptors (Lipinski definition) is 3. The molecule has 76 valence electrons. The summed E-state index contributed by atoms with van der Waals surface area (Å²) in [7, 11) is 0. The molecule has 0 aliphatic heterocycles. The normalized spacial score (nSPS) is 10.3. The zero-order valence-corrected chi connectivity index (χ0v) is 8.32. The number of benzene rings is 1. The van der Waals surface area contributed by atoms with Crippen molar-refractivity contribution >= 4 is 28.3 Å². The number of hydrogen-bond donors (Lipinski definition) is 2. The van der Waals surface area contributed by atoms with E-state index in [-0.39, 0.29) is 5.56 Å². The van der Waals surface area contributed by atoms with Crippen LogP contribution in [0.4, 0.5) is 0 Å². The Morgan fingerprint density at radius 1 is 1.40 bits per heavy atom. The van der Waals surface area contributed by atoms with E-state index in [9.17, 15) is 4.79 Å². The summed E-state index contributed by atoms with van der Waals surface area (Å²) in [5.41, 5.74) is 1.82. The van der Waals surface area contributed by atoms with Crippen LogP contribution in [0.3, 0.4) is 0 Å². The molecule has 4 nitrogen and oxygen atoms in total. The Morgan fingerprint density at radius 3 is 2.93 bits per heavy atom. The third-order valence-corrected chi connectivity index (χ3v) is 2.41. The van der Waals surface area contributed by atoms with E-state index in [1.54, 1.807) is 36.1 Å². The lowest BCUT2D eigenvalue weighted by Crippen LogP contribution is -2.19. The molecule has 15 heavy (non-hydrogen) atoms. The second-order valence-electron chi connectivity index (χ2n) is 2.96. The summed E-state index contributed by atoms with van der Waals surface area (Å²) in [5.74, 6) is -0.628. The van der Waals surface area contributed by atoms with Crippen LogP contribution in [-0.4, -0.2) is 16.1 Å². The summed E-state index contributed by atoms with van der Waals surface area (Å²) >= 11 is 5.88. The van der Waals surface area contributed by atoms with E-state index >= 15 is 0 Å². The van der Waals surface area contributed by atoms with Crippen molar-refractivity contribution in [1.82, 2.24) is 10.5 Å². The van der Waals surface area contributed by atoms with Crippen LogP contribution in [0.1, 0.15) is 10.4 Å². The van der Waals surface area contributed by atoms with E-state index in [4.69, 9.17) is 16.8 Å². The quantitative estimate of drug-likeness (QED) is 0.573. The summed E-state index contributed by atoms with van der Waals surface area (Å²) in [6, 6.07) is 5.03. The first kappa shape index (κ1) is 9.89. The number of rotatable bonds is 1. The van der Waals surface area contributed by atoms with Crippen LogP contribution in [0.2, 0.25) is 5.02 Å². The zero-order valence-electron chi connectivity index (χ0n) is 7.57. The minimum atomic E-state index is -0.628. The Kier molecular flexibility index (Phi) is 2.53. The van der Waals surface area contributed by atoms with E-state index < -0.39 is 5.91 Å². The molecule has 0 spiro atoms. The van der Waals surface area contributed by atoms with E-state index in [2.05, 4.69) is 4.98 Å². The predicted molar refractivity (Wildman–Crippen MR) is 56.0 cm³/mol. The number of carbonyl (C=O) groups excluding carboxylic acids is 1. The third kappa shape index (κ3) is 1.65. The largest absolute Gasteiger partial charge is 0.288 e. The number of fused-ring (bicyclic) bond motifs is 1. The number of aromatic nitrogens is 1. The van der Waals surface area contributed by atoms with Crippen LogP contribution in [-0.2, 0) is 0 Å². The fraction of sp³-hybridized carbons (Fsp3) is 0. The van der Waals surface area contributed by atoms with Crippen LogP contribution in [0.25, 0.3) is 10.8 Å². The molecule has 1 aromatic carbocycles. The van der Waals surface area contributed by atoms with Crippen molar-refractivity contribution in [2.45, 2.75) is 0 Å². The highest BCUT2D eigenvalue weighted by atomic mass is 35.5. The molecular formula is C10H7ClN2O2. The molecule has 0 radical (unpaired) electrons. The van der Waals surface area contributed by atoms with Gasteiger partial charge in [0.1, 0.15) is 0 Å². The second-order valence-corrected chi connectivity index (χ2v) is 3.37. The van der Waals surface area contributed by atoms with Gasteiger partial charge in [-0.3, -0.25) is 15.0 Å². The molecule has 0 aliphatic rings. The molecule has 5 heteroatoms. The number of nitrogens with zero attached hydrogens (tertiary/aromatic N) is 1. The number of hydroxylamine groups is 1. The molecular weight excluding hydrogens is 216 g/mol. The lowest BCUT2D eigenvalue weighted by Gasteiger charge is -2.06. The smallest absolute Gasteiger partial charge is 0.276 e. The van der Waals surface area contributed by atoms with Crippen LogP contribution >= 0.6 is 11.6 Å². The van der Waals surface area contributed by atoms with Gasteiger partial charge in [0.2, 0.25) is 0 Å². The van der Waals surface area contributed by atoms with Gasteiger partial charge in [0.25, 0.3) is 5.91 Å². The van der Waals surface area contributed by atoms with Crippen molar-refractivity contribution in [2.24, 2.45) is 0 Å². The molecule has 1 amide bonds. The Hall–Kier alpha value is -1.65. The Labute approximate surface area is 90.5 Å². The van der Waals surface area contributed by atoms with Gasteiger partial charge in [-0.2, -0.15) is 0 Å². The fourth-order valence-corrected chi connectivity index (χ4v) is 1.68. The predicted octanol–water partition coefficient (Wildman–Crippen LogP) is 2.01. The molecule has 0 unspecified atom stereocenters. The Balaban J connectivity index is 2.79. The maximum absolute atomic E-state index is 11.4. The molecule has 0 atom stereocenters. The average molecular weight is 223 g/mol. The molecule has 0 aliphatic carbocycles. The van der Waals surface area contributed by atoms with Gasteiger partial charge in [0.05, 0.1) is 10.6 Å². The minimum Gasteiger partial charge on any atom is -0.288 e. The summed E-state index contributed by atoms with van der Waals surface area (Å²) < 4.78 is 0. The Bertz CT molecular complexity index is 528. The summed E-state index contributed by atoms with van der Waals surface area (Å²) in [5, 5.41) is 10.3. The molecule has 0 fully saturated rings. The first-order valence-corrected chi connectivity index (χ1v) is 4.58. The molecule has 0 bridgehead atoms. The van der Waals surface area contributed by atoms with Gasteiger partial charge in [-0.05, 0) is 17.5 Å². The van der Waals surface area contributed by atoms with E-state index in [1.807, 2.05) is 0 Å². The topological polar surface area (TPSA) is 62.2 Å². The highest BCUT2D eigenvalue weighted by Gasteiger charge is 2.13. The molecule has 0 saturated heterocycles. The maximum Gasteiger partial charge on any atom is 0.276 e. The van der Waals surface area contributed by atoms with Crippen LogP contribution in [0, 0.1) is 0 Å². The van der Waals surface area contributed by atoms with Crippen molar-refractivity contribution in [3.05, 3.63) is 41.2 Å². The number of pyridine rings is 1. The van der Waals surface area contributed by atoms with Crippen LogP contribution < -0.4 is 5.48 Å². The molecule has 2 aromatic rings. The second kappa shape index (κ2) is 3.84. The average Bonchev–Trinajstić information content (AvgIpc) is 2.28. The minimum absolute atomic E-state index is 0.249. The number of nitrogens with one attached hydrogen (secondary N) is 1. The van der Waals surface area contributed by atoms with Gasteiger partial charge >= 0.3 is 0 Å². The SMILES string of the molecule is O=C(NO)c1c(Cl)ccc2cnccc12. The van der Waals surface area contributed by atoms with Crippen LogP contribution in [0.5, 0.6) is 0 Å². The number of amides is 1. The molecule has 1 heterocycles. The van der Waals surface area contributed by atoms with Crippen molar-refractivity contribution in [1.29, 1.82) is 0 Å². The highest BCUT2D eigenvalue weighted by Crippen LogP contribution is 2.25. The summed E-state index contributed by atoms with van der Waals surface area (Å²) in [4.78, 5) is 15.3. The van der Waals surface area contributed by atoms with Gasteiger partial charge in [0.15, 0.2) is 0 Å². The molecule has 1 aromatic heterocycles. The highest BCUT2D eigenvalue weighted by molar-refractivity contribution is 6.35. The van der Waals surface area contributed by atoms with Gasteiger partial charge < -0.3 is 0 Å². The number of carbonyl (C=O) groups is 1. The van der Waals surface area contributed by atoms with Crippen molar-refractivity contribution in [2.75, 3.05) is 0 Å². The molecule has 2 N–H and O–H groups in total. The maximum atomic E-state index is 11.4. The van der Waals surface area contributed by atoms with Crippen molar-refractivity contribution in [3.8, 4) is 0 Å². The van der Waals surface area contributed by atoms with Gasteiger partial charge in [-0.1, -0.05) is 17.7 Å². The first-order chi connectivity index (χ1) is 7.24. The van der Waals surface area contributed by atoms with Gasteiger partial charge in [-0.15, -0.1) is 0 Å². The fourth-order valence-electron chi connectivity index (χ4n) is 1.43. The third-order valence-electron chi connectivity index (χ3n) is 2.10. The lowest BCUT2D eigenvalue weighted by atomic mass is 10.1. The standard InChI is InChI=1S/C10H7ClN2O2/c11-8-2-1-6-5-12-4-3-7(6)9(8)10(14)13-15/h1-5,15H,(H,13,14). The first-order valence-electron chi connectivity index (χ1n) is 4.20. The molecule has 0 saturated carbocycles. The zero-order chi connectivity index (χ0) is 10.8. The summed E-state index contributed by atoms with van der Waals surface area (Å²) in [6.45, 7) is 0. The van der Waals surface area contributed by atoms with Crippen molar-refractivity contribution in [3.63, 3.8) is 0 Å². The Morgan fingerprint density at radius 2 is 2.20 bits per heavy atom. The summed E-state index contributed by atoms with van der Waals surface area (Å²) in [6.07, 6.45) is 3.19. The van der Waals surface area contributed by atoms with Crippen LogP contribution in [0.15, 0.2) is 30.6 Å². The van der Waals surface area contributed by atoms with Crippen molar-refractivity contribution < 1.29 is 10.0 Å². The van der Waals surface area contributed by atoms with E-state index in [0.717, 1.165) is 5.39 Å². The van der Waals surface area contributed by atoms with Gasteiger partial charge in [0, 0.05) is 17.8 Å². The molecule has 2 rings (SSSR count). The van der Waals surface area contributed by atoms with Gasteiger partial charge in [-0.25, -0.2) is 5.48 Å². The van der Waals surface area contributed by atoms with E-state index in [1.165, 1.54) is 0 Å². The lowest BCUT2D eigenvalue weighted by molar-refractivity contribution is 0.0708. The monoisotopic (exact) mass is 222 g/mol.